The molecular weight excluding hydrogens is 380 g/mol. The van der Waals surface area contributed by atoms with Crippen LogP contribution < -0.4 is 5.46 Å². The summed E-state index contributed by atoms with van der Waals surface area (Å²) in [4.78, 5) is 21.1. The third-order valence-electron chi connectivity index (χ3n) is 1.98. The maximum absolute atomic E-state index is 9.96. The molecule has 1 aromatic carbocycles. The van der Waals surface area contributed by atoms with Crippen molar-refractivity contribution in [2.45, 2.75) is 0 Å². The number of hydrogen-bond donors (Lipinski definition) is 4. The predicted molar refractivity (Wildman–Crippen MR) is 81.8 cm³/mol. The summed E-state index contributed by atoms with van der Waals surface area (Å²) in [6.07, 6.45) is 0. The van der Waals surface area contributed by atoms with Crippen molar-refractivity contribution in [2.75, 3.05) is 20.1 Å². The van der Waals surface area contributed by atoms with Crippen molar-refractivity contribution in [2.24, 2.45) is 0 Å². The van der Waals surface area contributed by atoms with Crippen molar-refractivity contribution in [1.29, 1.82) is 0 Å². The van der Waals surface area contributed by atoms with E-state index in [9.17, 15) is 9.59 Å². The van der Waals surface area contributed by atoms with Crippen LogP contribution in [-0.2, 0) is 9.59 Å². The average molecular weight is 395 g/mol. The van der Waals surface area contributed by atoms with Crippen LogP contribution in [0.5, 0.6) is 0 Å². The Morgan fingerprint density at radius 1 is 1.10 bits per heavy atom. The Hall–Kier alpha value is -1.17. The highest BCUT2D eigenvalue weighted by atomic mass is 127. The summed E-state index contributed by atoms with van der Waals surface area (Å²) in [5.74, 6) is -2.05. The minimum Gasteiger partial charge on any atom is -0.480 e. The minimum atomic E-state index is -1.35. The fourth-order valence-corrected chi connectivity index (χ4v) is 1.51. The zero-order valence-corrected chi connectivity index (χ0v) is 12.9. The van der Waals surface area contributed by atoms with Gasteiger partial charge < -0.3 is 20.3 Å². The smallest absolute Gasteiger partial charge is 0.480 e. The lowest BCUT2D eigenvalue weighted by atomic mass is 9.81. The van der Waals surface area contributed by atoms with Crippen LogP contribution in [0.4, 0.5) is 0 Å². The van der Waals surface area contributed by atoms with E-state index in [1.165, 1.54) is 11.9 Å². The third kappa shape index (κ3) is 9.72. The summed E-state index contributed by atoms with van der Waals surface area (Å²) in [6, 6.07) is 7.03. The number of rotatable bonds is 5. The van der Waals surface area contributed by atoms with Crippen LogP contribution in [0.1, 0.15) is 0 Å². The van der Waals surface area contributed by atoms with Crippen molar-refractivity contribution in [3.63, 3.8) is 0 Å². The minimum absolute atomic E-state index is 0.244. The lowest BCUT2D eigenvalue weighted by Crippen LogP contribution is -2.30. The van der Waals surface area contributed by atoms with Crippen molar-refractivity contribution in [1.82, 2.24) is 4.90 Å². The molecule has 0 bridgehead atoms. The molecule has 1 aromatic rings. The van der Waals surface area contributed by atoms with Gasteiger partial charge in [0, 0.05) is 3.57 Å². The molecule has 0 amide bonds. The number of carboxylic acids is 2. The highest BCUT2D eigenvalue weighted by Gasteiger charge is 2.08. The molecule has 0 saturated heterocycles. The van der Waals surface area contributed by atoms with Crippen molar-refractivity contribution in [3.05, 3.63) is 27.8 Å². The second-order valence-electron chi connectivity index (χ2n) is 3.88. The molecule has 1 rings (SSSR count). The molecule has 0 aromatic heterocycles. The number of nitrogens with zero attached hydrogens (tertiary/aromatic N) is 1. The number of halogens is 1. The third-order valence-corrected chi connectivity index (χ3v) is 2.70. The average Bonchev–Trinajstić information content (AvgIpc) is 2.27. The lowest BCUT2D eigenvalue weighted by molar-refractivity contribution is -0.141. The van der Waals surface area contributed by atoms with Gasteiger partial charge in [-0.3, -0.25) is 14.5 Å². The van der Waals surface area contributed by atoms with Crippen LogP contribution in [0.15, 0.2) is 24.3 Å². The Balaban J connectivity index is 0.000000361. The van der Waals surface area contributed by atoms with Crippen LogP contribution in [0.3, 0.4) is 0 Å². The van der Waals surface area contributed by atoms with Crippen LogP contribution in [0.2, 0.25) is 0 Å². The van der Waals surface area contributed by atoms with Gasteiger partial charge in [-0.25, -0.2) is 0 Å². The zero-order chi connectivity index (χ0) is 15.7. The molecular formula is C11H15BINO6. The summed E-state index contributed by atoms with van der Waals surface area (Å²) in [5, 5.41) is 33.7. The standard InChI is InChI=1S/C6H6BIO2.C5H9NO4/c8-6-3-1-5(2-4-6)7(9)10;1-6(2-4(7)8)3-5(9)10/h1-4,9-10H;2-3H2,1H3,(H,7,8)(H,9,10). The molecule has 0 aliphatic carbocycles. The molecule has 0 fully saturated rings. The first-order valence-electron chi connectivity index (χ1n) is 5.46. The molecule has 0 atom stereocenters. The Morgan fingerprint density at radius 3 is 1.80 bits per heavy atom. The van der Waals surface area contributed by atoms with E-state index in [1.807, 2.05) is 12.1 Å². The highest BCUT2D eigenvalue weighted by Crippen LogP contribution is 1.99. The Morgan fingerprint density at radius 2 is 1.50 bits per heavy atom. The quantitative estimate of drug-likeness (QED) is 0.376. The number of hydrogen-bond acceptors (Lipinski definition) is 5. The Labute approximate surface area is 130 Å². The molecule has 0 radical (unpaired) electrons. The van der Waals surface area contributed by atoms with Gasteiger partial charge in [0.05, 0.1) is 13.1 Å². The van der Waals surface area contributed by atoms with Gasteiger partial charge in [-0.1, -0.05) is 12.1 Å². The molecule has 0 heterocycles. The summed E-state index contributed by atoms with van der Waals surface area (Å²) < 4.78 is 1.09. The summed E-state index contributed by atoms with van der Waals surface area (Å²) in [7, 11) is 0.0828. The first-order chi connectivity index (χ1) is 9.22. The van der Waals surface area contributed by atoms with Gasteiger partial charge in [-0.15, -0.1) is 0 Å². The molecule has 0 saturated carbocycles. The Bertz CT molecular complexity index is 423. The predicted octanol–water partition coefficient (Wildman–Crippen LogP) is -0.942. The van der Waals surface area contributed by atoms with E-state index in [0.717, 1.165) is 3.57 Å². The van der Waals surface area contributed by atoms with E-state index < -0.39 is 19.1 Å². The van der Waals surface area contributed by atoms with Crippen LogP contribution in [0.25, 0.3) is 0 Å². The maximum Gasteiger partial charge on any atom is 0.488 e. The van der Waals surface area contributed by atoms with E-state index in [1.54, 1.807) is 12.1 Å². The highest BCUT2D eigenvalue weighted by molar-refractivity contribution is 14.1. The molecule has 0 aliphatic rings. The van der Waals surface area contributed by atoms with Gasteiger partial charge in [0.2, 0.25) is 0 Å². The molecule has 0 unspecified atom stereocenters. The van der Waals surface area contributed by atoms with Crippen molar-refractivity contribution in [3.8, 4) is 0 Å². The zero-order valence-electron chi connectivity index (χ0n) is 10.7. The largest absolute Gasteiger partial charge is 0.488 e. The van der Waals surface area contributed by atoms with E-state index in [4.69, 9.17) is 20.3 Å². The van der Waals surface area contributed by atoms with E-state index in [2.05, 4.69) is 22.6 Å². The van der Waals surface area contributed by atoms with Crippen LogP contribution >= 0.6 is 22.6 Å². The van der Waals surface area contributed by atoms with Crippen molar-refractivity contribution < 1.29 is 29.9 Å². The fraction of sp³-hybridized carbons (Fsp3) is 0.273. The number of aliphatic carboxylic acids is 2. The molecule has 4 N–H and O–H groups in total. The first-order valence-corrected chi connectivity index (χ1v) is 6.54. The van der Waals surface area contributed by atoms with Crippen LogP contribution in [-0.4, -0.2) is 64.4 Å². The summed E-state index contributed by atoms with van der Waals surface area (Å²) in [5.41, 5.74) is 0.528. The van der Waals surface area contributed by atoms with Gasteiger partial charge in [0.15, 0.2) is 0 Å². The molecule has 0 aliphatic heterocycles. The lowest BCUT2D eigenvalue weighted by Gasteiger charge is -2.08. The summed E-state index contributed by atoms with van der Waals surface area (Å²) >= 11 is 2.16. The van der Waals surface area contributed by atoms with Gasteiger partial charge in [-0.2, -0.15) is 0 Å². The van der Waals surface area contributed by atoms with Crippen molar-refractivity contribution >= 4 is 47.1 Å². The SMILES string of the molecule is CN(CC(=O)O)CC(=O)O.OB(O)c1ccc(I)cc1. The molecule has 7 nitrogen and oxygen atoms in total. The topological polar surface area (TPSA) is 118 Å². The molecule has 110 valence electrons. The van der Waals surface area contributed by atoms with Gasteiger partial charge in [0.25, 0.3) is 0 Å². The second kappa shape index (κ2) is 9.69. The second-order valence-corrected chi connectivity index (χ2v) is 5.13. The van der Waals surface area contributed by atoms with E-state index >= 15 is 0 Å². The molecule has 20 heavy (non-hydrogen) atoms. The molecule has 0 spiro atoms. The number of carbonyl (C=O) groups is 2. The Kier molecular flexibility index (Phi) is 9.13. The first kappa shape index (κ1) is 18.8. The molecule has 9 heteroatoms. The monoisotopic (exact) mass is 395 g/mol. The van der Waals surface area contributed by atoms with E-state index in [0.29, 0.717) is 5.46 Å². The normalized spacial score (nSPS) is 9.65. The summed E-state index contributed by atoms with van der Waals surface area (Å²) in [6.45, 7) is -0.488. The fourth-order valence-electron chi connectivity index (χ4n) is 1.15. The number of likely N-dealkylation sites (N-methyl/N-ethyl adjacent to an activating group) is 1. The van der Waals surface area contributed by atoms with Gasteiger partial charge in [-0.05, 0) is 47.2 Å². The van der Waals surface area contributed by atoms with Gasteiger partial charge in [0.1, 0.15) is 0 Å². The van der Waals surface area contributed by atoms with E-state index in [-0.39, 0.29) is 13.1 Å². The van der Waals surface area contributed by atoms with Gasteiger partial charge >= 0.3 is 19.1 Å². The van der Waals surface area contributed by atoms with Crippen LogP contribution in [0, 0.1) is 3.57 Å². The number of benzene rings is 1. The number of carboxylic acid groups (broad SMARTS) is 2. The maximum atomic E-state index is 9.96.